The van der Waals surface area contributed by atoms with Gasteiger partial charge in [0.2, 0.25) is 0 Å². The fraction of sp³-hybridized carbons (Fsp3) is 0. The lowest BCUT2D eigenvalue weighted by molar-refractivity contribution is 0.112. The first kappa shape index (κ1) is 9.21. The van der Waals surface area contributed by atoms with Crippen LogP contribution in [0.5, 0.6) is 5.75 Å². The Morgan fingerprint density at radius 2 is 2.00 bits per heavy atom. The van der Waals surface area contributed by atoms with Gasteiger partial charge in [-0.1, -0.05) is 24.3 Å². The van der Waals surface area contributed by atoms with Crippen LogP contribution in [0.15, 0.2) is 34.8 Å². The number of carbonyl (C=O) groups excluding carboxylic acids is 1. The van der Waals surface area contributed by atoms with E-state index in [1.165, 1.54) is 0 Å². The average molecular weight is 251 g/mol. The molecule has 2 aromatic carbocycles. The summed E-state index contributed by atoms with van der Waals surface area (Å²) in [4.78, 5) is 10.6. The van der Waals surface area contributed by atoms with Crippen LogP contribution in [0.25, 0.3) is 10.8 Å². The number of phenols is 1. The Morgan fingerprint density at radius 1 is 1.29 bits per heavy atom. The zero-order chi connectivity index (χ0) is 10.1. The zero-order valence-electron chi connectivity index (χ0n) is 7.20. The van der Waals surface area contributed by atoms with Crippen molar-refractivity contribution in [2.45, 2.75) is 0 Å². The molecule has 70 valence electrons. The summed E-state index contributed by atoms with van der Waals surface area (Å²) in [6.45, 7) is 0. The van der Waals surface area contributed by atoms with Gasteiger partial charge in [0.15, 0.2) is 6.29 Å². The van der Waals surface area contributed by atoms with Gasteiger partial charge < -0.3 is 5.11 Å². The number of fused-ring (bicyclic) bond motifs is 1. The molecule has 0 radical (unpaired) electrons. The van der Waals surface area contributed by atoms with Crippen molar-refractivity contribution in [3.63, 3.8) is 0 Å². The van der Waals surface area contributed by atoms with E-state index in [4.69, 9.17) is 0 Å². The van der Waals surface area contributed by atoms with E-state index in [1.54, 1.807) is 6.07 Å². The fourth-order valence-electron chi connectivity index (χ4n) is 1.40. The van der Waals surface area contributed by atoms with Crippen molar-refractivity contribution in [1.29, 1.82) is 0 Å². The minimum atomic E-state index is -0.00120. The van der Waals surface area contributed by atoms with E-state index in [0.29, 0.717) is 16.3 Å². The molecule has 2 nitrogen and oxygen atoms in total. The Hall–Kier alpha value is -1.35. The minimum absolute atomic E-state index is 0.00120. The van der Waals surface area contributed by atoms with Gasteiger partial charge in [-0.3, -0.25) is 4.79 Å². The van der Waals surface area contributed by atoms with Crippen LogP contribution in [0.3, 0.4) is 0 Å². The SMILES string of the molecule is O=Cc1cc2ccccc2c(Br)c1O. The number of carbonyl (C=O) groups is 1. The van der Waals surface area contributed by atoms with Gasteiger partial charge in [0.1, 0.15) is 5.75 Å². The second kappa shape index (κ2) is 3.42. The molecule has 2 rings (SSSR count). The van der Waals surface area contributed by atoms with Crippen LogP contribution in [-0.4, -0.2) is 11.4 Å². The van der Waals surface area contributed by atoms with Crippen molar-refractivity contribution in [3.05, 3.63) is 40.4 Å². The molecule has 0 aliphatic rings. The molecular formula is C11H7BrO2. The second-order valence-corrected chi connectivity index (χ2v) is 3.76. The molecule has 0 heterocycles. The largest absolute Gasteiger partial charge is 0.506 e. The predicted octanol–water partition coefficient (Wildman–Crippen LogP) is 3.12. The van der Waals surface area contributed by atoms with Gasteiger partial charge in [0.25, 0.3) is 0 Å². The molecule has 0 fully saturated rings. The van der Waals surface area contributed by atoms with Gasteiger partial charge in [0, 0.05) is 0 Å². The summed E-state index contributed by atoms with van der Waals surface area (Å²) < 4.78 is 0.567. The molecule has 14 heavy (non-hydrogen) atoms. The molecule has 0 aromatic heterocycles. The molecule has 0 spiro atoms. The van der Waals surface area contributed by atoms with Crippen molar-refractivity contribution >= 4 is 33.0 Å². The summed E-state index contributed by atoms with van der Waals surface area (Å²) in [6, 6.07) is 9.22. The first-order valence-electron chi connectivity index (χ1n) is 4.09. The Labute approximate surface area is 89.3 Å². The number of rotatable bonds is 1. The summed E-state index contributed by atoms with van der Waals surface area (Å²) in [5.41, 5.74) is 0.301. The van der Waals surface area contributed by atoms with Gasteiger partial charge in [-0.05, 0) is 32.8 Å². The van der Waals surface area contributed by atoms with Crippen LogP contribution in [0.4, 0.5) is 0 Å². The molecule has 0 saturated heterocycles. The second-order valence-electron chi connectivity index (χ2n) is 2.97. The third-order valence-electron chi connectivity index (χ3n) is 2.12. The van der Waals surface area contributed by atoms with Gasteiger partial charge in [-0.25, -0.2) is 0 Å². The van der Waals surface area contributed by atoms with Crippen molar-refractivity contribution < 1.29 is 9.90 Å². The maximum Gasteiger partial charge on any atom is 0.153 e. The van der Waals surface area contributed by atoms with Crippen molar-refractivity contribution in [3.8, 4) is 5.75 Å². The number of phenolic OH excluding ortho intramolecular Hbond substituents is 1. The Balaban J connectivity index is 2.91. The summed E-state index contributed by atoms with van der Waals surface area (Å²) >= 11 is 3.26. The molecule has 0 unspecified atom stereocenters. The first-order chi connectivity index (χ1) is 6.74. The third kappa shape index (κ3) is 1.30. The molecule has 0 bridgehead atoms. The maximum atomic E-state index is 10.6. The van der Waals surface area contributed by atoms with Crippen LogP contribution in [-0.2, 0) is 0 Å². The number of benzene rings is 2. The average Bonchev–Trinajstić information content (AvgIpc) is 2.23. The lowest BCUT2D eigenvalue weighted by Crippen LogP contribution is -1.84. The number of aldehydes is 1. The first-order valence-corrected chi connectivity index (χ1v) is 4.88. The zero-order valence-corrected chi connectivity index (χ0v) is 8.78. The molecular weight excluding hydrogens is 244 g/mol. The van der Waals surface area contributed by atoms with Gasteiger partial charge in [-0.15, -0.1) is 0 Å². The number of hydrogen-bond acceptors (Lipinski definition) is 2. The monoisotopic (exact) mass is 250 g/mol. The van der Waals surface area contributed by atoms with E-state index >= 15 is 0 Å². The van der Waals surface area contributed by atoms with Gasteiger partial charge in [0.05, 0.1) is 10.0 Å². The summed E-state index contributed by atoms with van der Waals surface area (Å²) in [6.07, 6.45) is 0.645. The van der Waals surface area contributed by atoms with Gasteiger partial charge >= 0.3 is 0 Å². The van der Waals surface area contributed by atoms with Crippen molar-refractivity contribution in [2.75, 3.05) is 0 Å². The minimum Gasteiger partial charge on any atom is -0.506 e. The van der Waals surface area contributed by atoms with E-state index in [9.17, 15) is 9.90 Å². The molecule has 0 aliphatic heterocycles. The summed E-state index contributed by atoms with van der Waals surface area (Å²) in [5, 5.41) is 11.4. The number of halogens is 1. The smallest absolute Gasteiger partial charge is 0.153 e. The van der Waals surface area contributed by atoms with E-state index in [0.717, 1.165) is 10.8 Å². The molecule has 0 atom stereocenters. The molecule has 2 aromatic rings. The van der Waals surface area contributed by atoms with E-state index in [-0.39, 0.29) is 5.75 Å². The lowest BCUT2D eigenvalue weighted by Gasteiger charge is -2.05. The standard InChI is InChI=1S/C11H7BrO2/c12-10-9-4-2-1-3-7(9)5-8(6-13)11(10)14/h1-6,14H. The van der Waals surface area contributed by atoms with Crippen LogP contribution in [0.2, 0.25) is 0 Å². The third-order valence-corrected chi connectivity index (χ3v) is 2.92. The van der Waals surface area contributed by atoms with E-state index in [1.807, 2.05) is 24.3 Å². The highest BCUT2D eigenvalue weighted by atomic mass is 79.9. The Bertz CT molecular complexity index is 506. The van der Waals surface area contributed by atoms with Gasteiger partial charge in [-0.2, -0.15) is 0 Å². The normalized spacial score (nSPS) is 10.4. The highest BCUT2D eigenvalue weighted by Crippen LogP contribution is 2.34. The molecule has 0 amide bonds. The summed E-state index contributed by atoms with van der Waals surface area (Å²) in [5.74, 6) is -0.00120. The van der Waals surface area contributed by atoms with Crippen LogP contribution in [0, 0.1) is 0 Å². The van der Waals surface area contributed by atoms with E-state index < -0.39 is 0 Å². The Kier molecular flexibility index (Phi) is 2.25. The molecule has 0 aliphatic carbocycles. The highest BCUT2D eigenvalue weighted by molar-refractivity contribution is 9.10. The molecule has 1 N–H and O–H groups in total. The van der Waals surface area contributed by atoms with Crippen LogP contribution < -0.4 is 0 Å². The number of aromatic hydroxyl groups is 1. The van der Waals surface area contributed by atoms with Crippen LogP contribution >= 0.6 is 15.9 Å². The quantitative estimate of drug-likeness (QED) is 0.790. The molecule has 0 saturated carbocycles. The van der Waals surface area contributed by atoms with Crippen molar-refractivity contribution in [1.82, 2.24) is 0 Å². The lowest BCUT2D eigenvalue weighted by atomic mass is 10.1. The summed E-state index contributed by atoms with van der Waals surface area (Å²) in [7, 11) is 0. The molecule has 3 heteroatoms. The predicted molar refractivity (Wildman–Crippen MR) is 58.7 cm³/mol. The number of hydrogen-bond donors (Lipinski definition) is 1. The van der Waals surface area contributed by atoms with Crippen molar-refractivity contribution in [2.24, 2.45) is 0 Å². The Morgan fingerprint density at radius 3 is 2.71 bits per heavy atom. The topological polar surface area (TPSA) is 37.3 Å². The van der Waals surface area contributed by atoms with Crippen LogP contribution in [0.1, 0.15) is 10.4 Å². The van der Waals surface area contributed by atoms with E-state index in [2.05, 4.69) is 15.9 Å². The fourth-order valence-corrected chi connectivity index (χ4v) is 1.99. The maximum absolute atomic E-state index is 10.6. The highest BCUT2D eigenvalue weighted by Gasteiger charge is 2.08.